The maximum atomic E-state index is 12.7. The second-order valence-electron chi connectivity index (χ2n) is 6.50. The molecular formula is C22H23N3O4. The molecule has 1 N–H and O–H groups in total. The van der Waals surface area contributed by atoms with Crippen molar-refractivity contribution in [3.8, 4) is 11.5 Å². The Kier molecular flexibility index (Phi) is 6.29. The van der Waals surface area contributed by atoms with E-state index in [1.54, 1.807) is 26.4 Å². The first-order valence-electron chi connectivity index (χ1n) is 9.16. The SMILES string of the molecule is COc1ccc(C(C)NC(=O)c2ccc(=O)n(Cc3ccccc3)n2)c(OC)c1. The van der Waals surface area contributed by atoms with Crippen molar-refractivity contribution in [2.24, 2.45) is 0 Å². The van der Waals surface area contributed by atoms with Gasteiger partial charge in [-0.2, -0.15) is 5.10 Å². The molecule has 7 nitrogen and oxygen atoms in total. The zero-order valence-corrected chi connectivity index (χ0v) is 16.6. The Morgan fingerprint density at radius 2 is 1.83 bits per heavy atom. The van der Waals surface area contributed by atoms with Crippen molar-refractivity contribution in [2.75, 3.05) is 14.2 Å². The van der Waals surface area contributed by atoms with Crippen LogP contribution in [-0.2, 0) is 6.54 Å². The molecule has 0 fully saturated rings. The second-order valence-corrected chi connectivity index (χ2v) is 6.50. The molecule has 2 aromatic carbocycles. The van der Waals surface area contributed by atoms with E-state index in [2.05, 4.69) is 10.4 Å². The van der Waals surface area contributed by atoms with Crippen LogP contribution in [0.3, 0.4) is 0 Å². The van der Waals surface area contributed by atoms with Crippen LogP contribution in [0.15, 0.2) is 65.5 Å². The number of amides is 1. The Morgan fingerprint density at radius 3 is 2.52 bits per heavy atom. The third kappa shape index (κ3) is 4.82. The molecule has 0 saturated carbocycles. The standard InChI is InChI=1S/C22H23N3O4/c1-15(18-10-9-17(28-2)13-20(18)29-3)23-22(27)19-11-12-21(26)25(24-19)14-16-7-5-4-6-8-16/h4-13,15H,14H2,1-3H3,(H,23,27). The van der Waals surface area contributed by atoms with E-state index in [1.807, 2.05) is 43.3 Å². The van der Waals surface area contributed by atoms with Gasteiger partial charge in [0.1, 0.15) is 17.2 Å². The summed E-state index contributed by atoms with van der Waals surface area (Å²) < 4.78 is 11.9. The van der Waals surface area contributed by atoms with E-state index in [0.29, 0.717) is 18.0 Å². The first-order chi connectivity index (χ1) is 14.0. The first-order valence-corrected chi connectivity index (χ1v) is 9.16. The quantitative estimate of drug-likeness (QED) is 0.667. The van der Waals surface area contributed by atoms with Crippen molar-refractivity contribution < 1.29 is 14.3 Å². The number of benzene rings is 2. The van der Waals surface area contributed by atoms with Crippen LogP contribution in [0.1, 0.15) is 34.6 Å². The van der Waals surface area contributed by atoms with Gasteiger partial charge >= 0.3 is 0 Å². The number of hydrogen-bond acceptors (Lipinski definition) is 5. The van der Waals surface area contributed by atoms with Crippen molar-refractivity contribution in [2.45, 2.75) is 19.5 Å². The predicted molar refractivity (Wildman–Crippen MR) is 109 cm³/mol. The highest BCUT2D eigenvalue weighted by molar-refractivity contribution is 5.92. The Bertz CT molecular complexity index is 1050. The number of aromatic nitrogens is 2. The fourth-order valence-corrected chi connectivity index (χ4v) is 2.96. The average Bonchev–Trinajstić information content (AvgIpc) is 2.75. The number of methoxy groups -OCH3 is 2. The van der Waals surface area contributed by atoms with Gasteiger partial charge in [-0.05, 0) is 30.7 Å². The molecule has 0 bridgehead atoms. The van der Waals surface area contributed by atoms with E-state index in [-0.39, 0.29) is 23.2 Å². The molecule has 29 heavy (non-hydrogen) atoms. The van der Waals surface area contributed by atoms with Crippen LogP contribution in [-0.4, -0.2) is 29.9 Å². The molecular weight excluding hydrogens is 370 g/mol. The largest absolute Gasteiger partial charge is 0.497 e. The van der Waals surface area contributed by atoms with Crippen molar-refractivity contribution in [1.29, 1.82) is 0 Å². The lowest BCUT2D eigenvalue weighted by Gasteiger charge is -2.18. The van der Waals surface area contributed by atoms with Gasteiger partial charge in [0, 0.05) is 17.7 Å². The van der Waals surface area contributed by atoms with E-state index in [0.717, 1.165) is 11.1 Å². The Balaban J connectivity index is 1.79. The van der Waals surface area contributed by atoms with E-state index >= 15 is 0 Å². The minimum atomic E-state index is -0.378. The molecule has 0 aliphatic carbocycles. The summed E-state index contributed by atoms with van der Waals surface area (Å²) >= 11 is 0. The maximum Gasteiger partial charge on any atom is 0.272 e. The van der Waals surface area contributed by atoms with Crippen molar-refractivity contribution in [3.63, 3.8) is 0 Å². The number of nitrogens with zero attached hydrogens (tertiary/aromatic N) is 2. The smallest absolute Gasteiger partial charge is 0.272 e. The number of carbonyl (C=O) groups excluding carboxylic acids is 1. The molecule has 1 unspecified atom stereocenters. The summed E-state index contributed by atoms with van der Waals surface area (Å²) in [6.07, 6.45) is 0. The van der Waals surface area contributed by atoms with Gasteiger partial charge < -0.3 is 14.8 Å². The molecule has 0 aliphatic rings. The van der Waals surface area contributed by atoms with Gasteiger partial charge in [-0.3, -0.25) is 9.59 Å². The third-order valence-corrected chi connectivity index (χ3v) is 4.53. The number of ether oxygens (including phenoxy) is 2. The van der Waals surface area contributed by atoms with Gasteiger partial charge in [-0.25, -0.2) is 4.68 Å². The van der Waals surface area contributed by atoms with E-state index in [4.69, 9.17) is 9.47 Å². The molecule has 0 saturated heterocycles. The highest BCUT2D eigenvalue weighted by Gasteiger charge is 2.17. The fraction of sp³-hybridized carbons (Fsp3) is 0.227. The monoisotopic (exact) mass is 393 g/mol. The van der Waals surface area contributed by atoms with Gasteiger partial charge in [0.05, 0.1) is 26.8 Å². The third-order valence-electron chi connectivity index (χ3n) is 4.53. The van der Waals surface area contributed by atoms with Gasteiger partial charge in [-0.1, -0.05) is 30.3 Å². The summed E-state index contributed by atoms with van der Waals surface area (Å²) in [5.74, 6) is 0.898. The van der Waals surface area contributed by atoms with Crippen LogP contribution >= 0.6 is 0 Å². The minimum absolute atomic E-state index is 0.167. The first kappa shape index (κ1) is 20.1. The van der Waals surface area contributed by atoms with Gasteiger partial charge in [-0.15, -0.1) is 0 Å². The molecule has 1 heterocycles. The lowest BCUT2D eigenvalue weighted by Crippen LogP contribution is -2.31. The molecule has 1 amide bonds. The predicted octanol–water partition coefficient (Wildman–Crippen LogP) is 2.80. The highest BCUT2D eigenvalue weighted by atomic mass is 16.5. The fourth-order valence-electron chi connectivity index (χ4n) is 2.96. The summed E-state index contributed by atoms with van der Waals surface area (Å²) in [5.41, 5.74) is 1.63. The Labute approximate surface area is 168 Å². The van der Waals surface area contributed by atoms with Crippen LogP contribution in [0, 0.1) is 0 Å². The lowest BCUT2D eigenvalue weighted by atomic mass is 10.1. The molecule has 1 atom stereocenters. The Hall–Kier alpha value is -3.61. The van der Waals surface area contributed by atoms with Crippen LogP contribution in [0.5, 0.6) is 11.5 Å². The van der Waals surface area contributed by atoms with Crippen LogP contribution in [0.4, 0.5) is 0 Å². The number of nitrogens with one attached hydrogen (secondary N) is 1. The normalized spacial score (nSPS) is 11.6. The zero-order chi connectivity index (χ0) is 20.8. The number of hydrogen-bond donors (Lipinski definition) is 1. The van der Waals surface area contributed by atoms with E-state index in [9.17, 15) is 9.59 Å². The molecule has 7 heteroatoms. The van der Waals surface area contributed by atoms with Crippen molar-refractivity contribution in [1.82, 2.24) is 15.1 Å². The Morgan fingerprint density at radius 1 is 1.07 bits per heavy atom. The molecule has 1 aromatic heterocycles. The van der Waals surface area contributed by atoms with Crippen molar-refractivity contribution >= 4 is 5.91 Å². The minimum Gasteiger partial charge on any atom is -0.497 e. The molecule has 3 rings (SSSR count). The lowest BCUT2D eigenvalue weighted by molar-refractivity contribution is 0.0932. The summed E-state index contributed by atoms with van der Waals surface area (Å²) in [6.45, 7) is 2.14. The maximum absolute atomic E-state index is 12.7. The number of carbonyl (C=O) groups is 1. The zero-order valence-electron chi connectivity index (χ0n) is 16.6. The molecule has 150 valence electrons. The van der Waals surface area contributed by atoms with E-state index < -0.39 is 0 Å². The van der Waals surface area contributed by atoms with Crippen LogP contribution in [0.25, 0.3) is 0 Å². The number of rotatable bonds is 7. The summed E-state index contributed by atoms with van der Waals surface area (Å²) in [7, 11) is 3.14. The average molecular weight is 393 g/mol. The van der Waals surface area contributed by atoms with Gasteiger partial charge in [0.15, 0.2) is 0 Å². The molecule has 0 aliphatic heterocycles. The second kappa shape index (κ2) is 9.05. The summed E-state index contributed by atoms with van der Waals surface area (Å²) in [4.78, 5) is 24.8. The summed E-state index contributed by atoms with van der Waals surface area (Å²) in [6, 6.07) is 17.3. The topological polar surface area (TPSA) is 82.5 Å². The van der Waals surface area contributed by atoms with Crippen molar-refractivity contribution in [3.05, 3.63) is 87.8 Å². The van der Waals surface area contributed by atoms with Gasteiger partial charge in [0.25, 0.3) is 11.5 Å². The van der Waals surface area contributed by atoms with E-state index in [1.165, 1.54) is 16.8 Å². The molecule has 0 spiro atoms. The highest BCUT2D eigenvalue weighted by Crippen LogP contribution is 2.29. The summed E-state index contributed by atoms with van der Waals surface area (Å²) in [5, 5.41) is 7.12. The van der Waals surface area contributed by atoms with Crippen LogP contribution in [0.2, 0.25) is 0 Å². The molecule has 0 radical (unpaired) electrons. The van der Waals surface area contributed by atoms with Gasteiger partial charge in [0.2, 0.25) is 0 Å². The van der Waals surface area contributed by atoms with Crippen LogP contribution < -0.4 is 20.3 Å². The molecule has 3 aromatic rings.